The molecule has 0 amide bonds. The summed E-state index contributed by atoms with van der Waals surface area (Å²) in [7, 11) is -2.07. The van der Waals surface area contributed by atoms with Gasteiger partial charge in [0, 0.05) is 6.54 Å². The molecular formula is C14H23NO4S. The van der Waals surface area contributed by atoms with Gasteiger partial charge in [-0.1, -0.05) is 26.7 Å². The summed E-state index contributed by atoms with van der Waals surface area (Å²) in [5.74, 6) is 0.703. The molecule has 0 heterocycles. The first-order chi connectivity index (χ1) is 9.44. The number of aliphatic hydroxyl groups is 1. The molecule has 0 radical (unpaired) electrons. The summed E-state index contributed by atoms with van der Waals surface area (Å²) >= 11 is 0. The summed E-state index contributed by atoms with van der Waals surface area (Å²) in [5.41, 5.74) is 0. The Morgan fingerprint density at radius 2 is 1.75 bits per heavy atom. The molecule has 0 saturated carbocycles. The molecule has 2 N–H and O–H groups in total. The standard InChI is InChI=1S/C14H23NO4S/c1-4-11(5-2)14(16)10-15-20(17,18)13-8-6-12(19-3)7-9-13/h6-9,11,14-16H,4-5,10H2,1-3H3. The van der Waals surface area contributed by atoms with Crippen LogP contribution in [0, 0.1) is 5.92 Å². The van der Waals surface area contributed by atoms with Crippen LogP contribution in [0.1, 0.15) is 26.7 Å². The Bertz CT molecular complexity index is 494. The van der Waals surface area contributed by atoms with Crippen molar-refractivity contribution in [2.24, 2.45) is 5.92 Å². The Hall–Kier alpha value is -1.11. The zero-order valence-corrected chi connectivity index (χ0v) is 13.0. The van der Waals surface area contributed by atoms with Gasteiger partial charge in [0.1, 0.15) is 5.75 Å². The third-order valence-electron chi connectivity index (χ3n) is 3.45. The van der Waals surface area contributed by atoms with Gasteiger partial charge in [0.05, 0.1) is 18.1 Å². The maximum absolute atomic E-state index is 12.1. The van der Waals surface area contributed by atoms with Crippen LogP contribution in [0.3, 0.4) is 0 Å². The topological polar surface area (TPSA) is 75.6 Å². The van der Waals surface area contributed by atoms with Crippen LogP contribution >= 0.6 is 0 Å². The molecule has 0 spiro atoms. The van der Waals surface area contributed by atoms with Gasteiger partial charge < -0.3 is 9.84 Å². The highest BCUT2D eigenvalue weighted by Crippen LogP contribution is 2.16. The number of benzene rings is 1. The Morgan fingerprint density at radius 1 is 1.20 bits per heavy atom. The van der Waals surface area contributed by atoms with Gasteiger partial charge in [-0.3, -0.25) is 0 Å². The molecule has 5 nitrogen and oxygen atoms in total. The van der Waals surface area contributed by atoms with E-state index in [1.165, 1.54) is 19.2 Å². The first-order valence-electron chi connectivity index (χ1n) is 6.76. The van der Waals surface area contributed by atoms with Crippen molar-refractivity contribution < 1.29 is 18.3 Å². The number of rotatable bonds is 8. The average molecular weight is 301 g/mol. The van der Waals surface area contributed by atoms with Crippen molar-refractivity contribution in [3.63, 3.8) is 0 Å². The monoisotopic (exact) mass is 301 g/mol. The minimum Gasteiger partial charge on any atom is -0.497 e. The number of ether oxygens (including phenoxy) is 1. The maximum Gasteiger partial charge on any atom is 0.240 e. The Labute approximate surface area is 121 Å². The van der Waals surface area contributed by atoms with E-state index in [-0.39, 0.29) is 17.4 Å². The van der Waals surface area contributed by atoms with Crippen molar-refractivity contribution in [2.45, 2.75) is 37.7 Å². The quantitative estimate of drug-likeness (QED) is 0.767. The van der Waals surface area contributed by atoms with Crippen LogP contribution in [0.15, 0.2) is 29.2 Å². The van der Waals surface area contributed by atoms with Crippen LogP contribution in [0.4, 0.5) is 0 Å². The van der Waals surface area contributed by atoms with E-state index in [9.17, 15) is 13.5 Å². The van der Waals surface area contributed by atoms with E-state index in [1.54, 1.807) is 12.1 Å². The minimum atomic E-state index is -3.60. The summed E-state index contributed by atoms with van der Waals surface area (Å²) in [5, 5.41) is 9.95. The third-order valence-corrected chi connectivity index (χ3v) is 4.88. The lowest BCUT2D eigenvalue weighted by atomic mass is 9.97. The molecule has 1 aromatic rings. The second-order valence-electron chi connectivity index (χ2n) is 4.67. The average Bonchev–Trinajstić information content (AvgIpc) is 2.46. The molecule has 0 aromatic heterocycles. The van der Waals surface area contributed by atoms with Crippen LogP contribution in [-0.2, 0) is 10.0 Å². The highest BCUT2D eigenvalue weighted by atomic mass is 32.2. The van der Waals surface area contributed by atoms with Crippen molar-refractivity contribution in [3.8, 4) is 5.75 Å². The lowest BCUT2D eigenvalue weighted by Gasteiger charge is -2.20. The predicted molar refractivity (Wildman–Crippen MR) is 78.3 cm³/mol. The lowest BCUT2D eigenvalue weighted by molar-refractivity contribution is 0.107. The van der Waals surface area contributed by atoms with Gasteiger partial charge in [-0.05, 0) is 30.2 Å². The van der Waals surface area contributed by atoms with Crippen LogP contribution in [0.5, 0.6) is 5.75 Å². The molecule has 1 atom stereocenters. The zero-order chi connectivity index (χ0) is 15.2. The van der Waals surface area contributed by atoms with E-state index in [4.69, 9.17) is 4.74 Å². The lowest BCUT2D eigenvalue weighted by Crippen LogP contribution is -2.36. The third kappa shape index (κ3) is 4.47. The largest absolute Gasteiger partial charge is 0.497 e. The number of hydrogen-bond donors (Lipinski definition) is 2. The fourth-order valence-electron chi connectivity index (χ4n) is 2.03. The number of methoxy groups -OCH3 is 1. The predicted octanol–water partition coefficient (Wildman–Crippen LogP) is 1.77. The molecule has 0 aliphatic heterocycles. The van der Waals surface area contributed by atoms with Gasteiger partial charge in [-0.2, -0.15) is 0 Å². The number of hydrogen-bond acceptors (Lipinski definition) is 4. The normalized spacial score (nSPS) is 13.4. The Morgan fingerprint density at radius 3 is 2.20 bits per heavy atom. The fourth-order valence-corrected chi connectivity index (χ4v) is 3.08. The minimum absolute atomic E-state index is 0.0285. The van der Waals surface area contributed by atoms with Gasteiger partial charge in [-0.25, -0.2) is 13.1 Å². The molecule has 0 fully saturated rings. The molecule has 0 saturated heterocycles. The zero-order valence-electron chi connectivity index (χ0n) is 12.2. The van der Waals surface area contributed by atoms with Gasteiger partial charge in [-0.15, -0.1) is 0 Å². The van der Waals surface area contributed by atoms with Gasteiger partial charge >= 0.3 is 0 Å². The fraction of sp³-hybridized carbons (Fsp3) is 0.571. The van der Waals surface area contributed by atoms with Gasteiger partial charge in [0.2, 0.25) is 10.0 Å². The molecular weight excluding hydrogens is 278 g/mol. The van der Waals surface area contributed by atoms with Gasteiger partial charge in [0.15, 0.2) is 0 Å². The molecule has 1 rings (SSSR count). The number of aliphatic hydroxyl groups excluding tert-OH is 1. The molecule has 1 unspecified atom stereocenters. The van der Waals surface area contributed by atoms with E-state index >= 15 is 0 Å². The van der Waals surface area contributed by atoms with Crippen LogP contribution in [0.25, 0.3) is 0 Å². The van der Waals surface area contributed by atoms with Crippen molar-refractivity contribution in [1.82, 2.24) is 4.72 Å². The summed E-state index contributed by atoms with van der Waals surface area (Å²) in [6.45, 7) is 3.99. The smallest absolute Gasteiger partial charge is 0.240 e. The first kappa shape index (κ1) is 16.9. The van der Waals surface area contributed by atoms with Crippen LogP contribution in [0.2, 0.25) is 0 Å². The van der Waals surface area contributed by atoms with E-state index < -0.39 is 16.1 Å². The summed E-state index contributed by atoms with van der Waals surface area (Å²) in [6.07, 6.45) is 0.974. The molecule has 0 aliphatic carbocycles. The molecule has 0 bridgehead atoms. The van der Waals surface area contributed by atoms with E-state index in [0.29, 0.717) is 5.75 Å². The van der Waals surface area contributed by atoms with Crippen molar-refractivity contribution in [1.29, 1.82) is 0 Å². The first-order valence-corrected chi connectivity index (χ1v) is 8.24. The summed E-state index contributed by atoms with van der Waals surface area (Å²) < 4.78 is 31.6. The van der Waals surface area contributed by atoms with E-state index in [0.717, 1.165) is 12.8 Å². The van der Waals surface area contributed by atoms with E-state index in [1.807, 2.05) is 13.8 Å². The Balaban J connectivity index is 2.69. The highest BCUT2D eigenvalue weighted by molar-refractivity contribution is 7.89. The summed E-state index contributed by atoms with van der Waals surface area (Å²) in [4.78, 5) is 0.162. The molecule has 114 valence electrons. The molecule has 6 heteroatoms. The second-order valence-corrected chi connectivity index (χ2v) is 6.44. The van der Waals surface area contributed by atoms with Crippen molar-refractivity contribution >= 4 is 10.0 Å². The summed E-state index contributed by atoms with van der Waals surface area (Å²) in [6, 6.07) is 6.13. The van der Waals surface area contributed by atoms with E-state index in [2.05, 4.69) is 4.72 Å². The number of nitrogens with one attached hydrogen (secondary N) is 1. The molecule has 1 aromatic carbocycles. The van der Waals surface area contributed by atoms with Crippen molar-refractivity contribution in [2.75, 3.05) is 13.7 Å². The second kappa shape index (κ2) is 7.61. The van der Waals surface area contributed by atoms with Crippen molar-refractivity contribution in [3.05, 3.63) is 24.3 Å². The maximum atomic E-state index is 12.1. The SMILES string of the molecule is CCC(CC)C(O)CNS(=O)(=O)c1ccc(OC)cc1. The van der Waals surface area contributed by atoms with Crippen LogP contribution < -0.4 is 9.46 Å². The molecule has 0 aliphatic rings. The Kier molecular flexibility index (Phi) is 6.45. The number of sulfonamides is 1. The van der Waals surface area contributed by atoms with Crippen LogP contribution in [-0.4, -0.2) is 33.3 Å². The highest BCUT2D eigenvalue weighted by Gasteiger charge is 2.20. The van der Waals surface area contributed by atoms with Gasteiger partial charge in [0.25, 0.3) is 0 Å². The molecule has 20 heavy (non-hydrogen) atoms.